The van der Waals surface area contributed by atoms with Gasteiger partial charge in [-0.25, -0.2) is 29.9 Å². The summed E-state index contributed by atoms with van der Waals surface area (Å²) in [7, 11) is 6.52. The molecule has 0 saturated carbocycles. The van der Waals surface area contributed by atoms with Gasteiger partial charge in [-0.3, -0.25) is 0 Å². The quantitative estimate of drug-likeness (QED) is 0.0931. The second-order valence-corrected chi connectivity index (χ2v) is 14.1. The average Bonchev–Trinajstić information content (AvgIpc) is 4.14. The lowest BCUT2D eigenvalue weighted by atomic mass is 10.2. The lowest BCUT2D eigenvalue weighted by molar-refractivity contribution is 0.391. The zero-order valence-corrected chi connectivity index (χ0v) is 37.1. The number of aromatic nitrogens is 10. The van der Waals surface area contributed by atoms with Crippen LogP contribution in [0.25, 0.3) is 22.9 Å². The average molecular weight is 867 g/mol. The number of fused-ring (bicyclic) bond motifs is 2. The molecule has 62 heavy (non-hydrogen) atoms. The third kappa shape index (κ3) is 10.5. The molecule has 0 amide bonds. The summed E-state index contributed by atoms with van der Waals surface area (Å²) in [5.41, 5.74) is 5.68. The molecule has 326 valence electrons. The fourth-order valence-corrected chi connectivity index (χ4v) is 6.39. The minimum atomic E-state index is 0.414. The first-order valence-corrected chi connectivity index (χ1v) is 20.3. The van der Waals surface area contributed by atoms with E-state index >= 15 is 0 Å². The van der Waals surface area contributed by atoms with E-state index in [0.29, 0.717) is 41.7 Å². The minimum Gasteiger partial charge on any atom is -0.497 e. The van der Waals surface area contributed by atoms with Gasteiger partial charge in [-0.15, -0.1) is 10.2 Å². The number of rotatable bonds is 15. The molecule has 0 aliphatic heterocycles. The molecule has 0 bridgehead atoms. The number of methoxy groups -OCH3 is 4. The number of ether oxygens (including phenoxy) is 4. The van der Waals surface area contributed by atoms with Crippen LogP contribution in [0, 0.1) is 20.8 Å². The molecular formula is C43H51ClN12O6. The van der Waals surface area contributed by atoms with Gasteiger partial charge in [0.25, 0.3) is 0 Å². The normalized spacial score (nSPS) is 10.8. The van der Waals surface area contributed by atoms with Crippen molar-refractivity contribution in [2.75, 3.05) is 39.1 Å². The Kier molecular flexibility index (Phi) is 15.1. The lowest BCUT2D eigenvalue weighted by Gasteiger charge is -2.13. The molecule has 0 spiro atoms. The van der Waals surface area contributed by atoms with E-state index in [1.165, 1.54) is 6.26 Å². The van der Waals surface area contributed by atoms with Crippen molar-refractivity contribution in [1.29, 1.82) is 0 Å². The number of benzene rings is 2. The molecule has 18 nitrogen and oxygen atoms in total. The maximum absolute atomic E-state index is 6.29. The van der Waals surface area contributed by atoms with E-state index in [1.807, 2.05) is 50.2 Å². The van der Waals surface area contributed by atoms with Crippen LogP contribution in [0.1, 0.15) is 66.5 Å². The van der Waals surface area contributed by atoms with E-state index in [2.05, 4.69) is 54.6 Å². The number of aryl methyl sites for hydroxylation is 5. The molecule has 0 fully saturated rings. The molecule has 2 aromatic carbocycles. The van der Waals surface area contributed by atoms with E-state index in [1.54, 1.807) is 63.1 Å². The zero-order chi connectivity index (χ0) is 44.2. The number of anilines is 2. The van der Waals surface area contributed by atoms with Gasteiger partial charge < -0.3 is 38.4 Å². The summed E-state index contributed by atoms with van der Waals surface area (Å²) in [5.74, 6) is 6.75. The first kappa shape index (κ1) is 44.6. The molecule has 8 aromatic rings. The molecule has 8 rings (SSSR count). The smallest absolute Gasteiger partial charge is 0.245 e. The molecule has 0 aliphatic carbocycles. The van der Waals surface area contributed by atoms with Gasteiger partial charge in [0, 0.05) is 67.2 Å². The summed E-state index contributed by atoms with van der Waals surface area (Å²) in [6.07, 6.45) is 9.84. The topological polar surface area (TPSA) is 199 Å². The Morgan fingerprint density at radius 3 is 1.58 bits per heavy atom. The molecule has 0 unspecified atom stereocenters. The predicted octanol–water partition coefficient (Wildman–Crippen LogP) is 8.32. The van der Waals surface area contributed by atoms with Crippen molar-refractivity contribution >= 4 is 34.8 Å². The predicted molar refractivity (Wildman–Crippen MR) is 235 cm³/mol. The van der Waals surface area contributed by atoms with Crippen molar-refractivity contribution in [2.45, 2.75) is 73.4 Å². The van der Waals surface area contributed by atoms with Crippen molar-refractivity contribution in [1.82, 2.24) is 49.1 Å². The van der Waals surface area contributed by atoms with Crippen molar-refractivity contribution in [3.63, 3.8) is 0 Å². The van der Waals surface area contributed by atoms with Gasteiger partial charge in [0.05, 0.1) is 40.8 Å². The largest absolute Gasteiger partial charge is 0.497 e. The first-order valence-electron chi connectivity index (χ1n) is 19.9. The van der Waals surface area contributed by atoms with E-state index in [9.17, 15) is 0 Å². The summed E-state index contributed by atoms with van der Waals surface area (Å²) < 4.78 is 35.1. The fraction of sp³-hybridized carbons (Fsp3) is 0.349. The molecular weight excluding hydrogens is 816 g/mol. The van der Waals surface area contributed by atoms with E-state index < -0.39 is 0 Å². The fourth-order valence-electron chi connectivity index (χ4n) is 6.23. The second kappa shape index (κ2) is 21.0. The van der Waals surface area contributed by atoms with Crippen LogP contribution in [0.15, 0.2) is 70.2 Å². The van der Waals surface area contributed by atoms with E-state index in [-0.39, 0.29) is 0 Å². The van der Waals surface area contributed by atoms with Crippen molar-refractivity contribution < 1.29 is 27.8 Å². The third-order valence-corrected chi connectivity index (χ3v) is 9.83. The van der Waals surface area contributed by atoms with Gasteiger partial charge in [-0.1, -0.05) is 25.4 Å². The third-order valence-electron chi connectivity index (χ3n) is 9.46. The van der Waals surface area contributed by atoms with Crippen LogP contribution >= 0.6 is 11.6 Å². The lowest BCUT2D eigenvalue weighted by Crippen LogP contribution is -2.10. The van der Waals surface area contributed by atoms with Gasteiger partial charge in [-0.05, 0) is 51.0 Å². The van der Waals surface area contributed by atoms with Gasteiger partial charge in [-0.2, -0.15) is 9.03 Å². The monoisotopic (exact) mass is 866 g/mol. The standard InChI is InChI=1S/C21H24N6O3.C18H22ClN5O2.C4H5NO/c1-5-6-17-24-19-13(2)18(20-22-9-10-30-20)25-21(27(19)26-17)23-12-14-7-8-15(28-3)11-16(14)29-4;1-5-6-15-21-17-11(2)16(19)22-18(24(17)23-15)20-10-12-7-8-13(25-3)9-14(12)26-4;1-4-5-2-3-6-4/h7-11H,5-6,12H2,1-4H3,(H,23,25);7-9H,5-6,10H2,1-4H3,(H,20,22);2-3H,1H3. The Bertz CT molecular complexity index is 2680. The Labute approximate surface area is 364 Å². The molecule has 0 saturated heterocycles. The minimum absolute atomic E-state index is 0.414. The molecule has 6 heterocycles. The highest BCUT2D eigenvalue weighted by Crippen LogP contribution is 2.29. The number of oxazole rings is 2. The SMILES string of the molecule is CCCc1nc2c(C)c(-c3ncco3)nc(NCc3ccc(OC)cc3OC)n2n1.CCCc1nc2c(C)c(Cl)nc(NCc3ccc(OC)cc3OC)n2n1.Cc1ncco1. The maximum Gasteiger partial charge on any atom is 0.245 e. The van der Waals surface area contributed by atoms with Gasteiger partial charge in [0.2, 0.25) is 17.8 Å². The van der Waals surface area contributed by atoms with Crippen LogP contribution in [0.5, 0.6) is 23.0 Å². The Balaban J connectivity index is 0.000000183. The molecule has 0 atom stereocenters. The van der Waals surface area contributed by atoms with Crippen LogP contribution in [0.2, 0.25) is 5.15 Å². The van der Waals surface area contributed by atoms with Crippen molar-refractivity contribution in [3.05, 3.63) is 106 Å². The summed E-state index contributed by atoms with van der Waals surface area (Å²) in [4.78, 5) is 26.5. The Hall–Kier alpha value is -6.95. The number of hydrogen-bond donors (Lipinski definition) is 2. The Morgan fingerprint density at radius 1 is 0.629 bits per heavy atom. The molecule has 6 aromatic heterocycles. The second-order valence-electron chi connectivity index (χ2n) is 13.7. The number of nitrogens with one attached hydrogen (secondary N) is 2. The number of halogens is 1. The van der Waals surface area contributed by atoms with Crippen molar-refractivity contribution in [3.8, 4) is 34.6 Å². The zero-order valence-electron chi connectivity index (χ0n) is 36.3. The highest BCUT2D eigenvalue weighted by molar-refractivity contribution is 6.30. The van der Waals surface area contributed by atoms with Crippen LogP contribution in [0.4, 0.5) is 11.9 Å². The molecule has 0 aliphatic rings. The molecule has 19 heteroatoms. The van der Waals surface area contributed by atoms with Crippen LogP contribution in [-0.2, 0) is 25.9 Å². The Morgan fingerprint density at radius 2 is 1.15 bits per heavy atom. The number of nitrogens with zero attached hydrogens (tertiary/aromatic N) is 10. The van der Waals surface area contributed by atoms with Gasteiger partial charge in [0.1, 0.15) is 46.4 Å². The highest BCUT2D eigenvalue weighted by Gasteiger charge is 2.20. The van der Waals surface area contributed by atoms with Gasteiger partial charge >= 0.3 is 0 Å². The summed E-state index contributed by atoms with van der Waals surface area (Å²) in [6, 6.07) is 11.4. The van der Waals surface area contributed by atoms with E-state index in [0.717, 1.165) is 99.8 Å². The first-order chi connectivity index (χ1) is 30.1. The van der Waals surface area contributed by atoms with E-state index in [4.69, 9.17) is 49.4 Å². The summed E-state index contributed by atoms with van der Waals surface area (Å²) in [6.45, 7) is 10.8. The summed E-state index contributed by atoms with van der Waals surface area (Å²) >= 11 is 6.29. The van der Waals surface area contributed by atoms with Crippen LogP contribution in [-0.4, -0.2) is 77.6 Å². The van der Waals surface area contributed by atoms with Crippen LogP contribution in [0.3, 0.4) is 0 Å². The van der Waals surface area contributed by atoms with Gasteiger partial charge in [0.15, 0.2) is 28.8 Å². The van der Waals surface area contributed by atoms with Crippen molar-refractivity contribution in [2.24, 2.45) is 0 Å². The van der Waals surface area contributed by atoms with Crippen LogP contribution < -0.4 is 29.6 Å². The maximum atomic E-state index is 6.29. The molecule has 2 N–H and O–H groups in total. The molecule has 0 radical (unpaired) electrons. The summed E-state index contributed by atoms with van der Waals surface area (Å²) in [5, 5.41) is 16.3. The highest BCUT2D eigenvalue weighted by atomic mass is 35.5. The number of hydrogen-bond acceptors (Lipinski definition) is 16.